The molecule has 0 atom stereocenters. The van der Waals surface area contributed by atoms with E-state index >= 15 is 0 Å². The van der Waals surface area contributed by atoms with Gasteiger partial charge in [0.2, 0.25) is 0 Å². The first-order valence-corrected chi connectivity index (χ1v) is 8.19. The third kappa shape index (κ3) is 3.91. The van der Waals surface area contributed by atoms with Gasteiger partial charge in [-0.2, -0.15) is 0 Å². The first-order valence-electron chi connectivity index (χ1n) is 8.19. The van der Waals surface area contributed by atoms with Crippen LogP contribution in [0.25, 0.3) is 0 Å². The van der Waals surface area contributed by atoms with Gasteiger partial charge in [-0.3, -0.25) is 4.79 Å². The van der Waals surface area contributed by atoms with Gasteiger partial charge in [0.25, 0.3) is 5.56 Å². The monoisotopic (exact) mass is 328 g/mol. The van der Waals surface area contributed by atoms with Gasteiger partial charge in [-0.1, -0.05) is 6.07 Å². The van der Waals surface area contributed by atoms with Crippen LogP contribution in [0.5, 0.6) is 0 Å². The number of pyridine rings is 1. The van der Waals surface area contributed by atoms with Crippen molar-refractivity contribution in [3.63, 3.8) is 0 Å². The summed E-state index contributed by atoms with van der Waals surface area (Å²) in [7, 11) is 4.11. The summed E-state index contributed by atoms with van der Waals surface area (Å²) < 4.78 is 0. The van der Waals surface area contributed by atoms with E-state index in [1.54, 1.807) is 13.0 Å². The van der Waals surface area contributed by atoms with E-state index in [1.165, 1.54) is 5.56 Å². The van der Waals surface area contributed by atoms with Crippen molar-refractivity contribution in [3.05, 3.63) is 46.1 Å². The van der Waals surface area contributed by atoms with Crippen molar-refractivity contribution in [1.82, 2.24) is 19.9 Å². The first-order chi connectivity index (χ1) is 11.5. The van der Waals surface area contributed by atoms with Gasteiger partial charge in [0, 0.05) is 45.0 Å². The Hall–Kier alpha value is -2.41. The molecule has 1 aliphatic heterocycles. The number of piperazine rings is 1. The van der Waals surface area contributed by atoms with E-state index in [0.717, 1.165) is 44.4 Å². The number of aromatic nitrogens is 3. The maximum absolute atomic E-state index is 11.6. The van der Waals surface area contributed by atoms with Crippen molar-refractivity contribution in [2.24, 2.45) is 0 Å². The Kier molecular flexibility index (Phi) is 4.80. The van der Waals surface area contributed by atoms with Gasteiger partial charge in [-0.15, -0.1) is 0 Å². The lowest BCUT2D eigenvalue weighted by atomic mass is 10.2. The van der Waals surface area contributed by atoms with Crippen molar-refractivity contribution >= 4 is 11.6 Å². The molecule has 0 amide bonds. The Balaban J connectivity index is 1.63. The zero-order valence-corrected chi connectivity index (χ0v) is 14.5. The molecular formula is C17H24N6O. The van der Waals surface area contributed by atoms with E-state index in [0.29, 0.717) is 5.82 Å². The van der Waals surface area contributed by atoms with Crippen molar-refractivity contribution in [2.75, 3.05) is 50.1 Å². The van der Waals surface area contributed by atoms with E-state index in [1.807, 2.05) is 6.20 Å². The number of aryl methyl sites for hydroxylation is 1. The predicted octanol–water partition coefficient (Wildman–Crippen LogP) is 0.862. The highest BCUT2D eigenvalue weighted by molar-refractivity contribution is 5.44. The number of H-pyrrole nitrogens is 1. The van der Waals surface area contributed by atoms with Gasteiger partial charge < -0.3 is 19.7 Å². The van der Waals surface area contributed by atoms with Crippen LogP contribution in [0.3, 0.4) is 0 Å². The summed E-state index contributed by atoms with van der Waals surface area (Å²) in [4.78, 5) is 29.9. The van der Waals surface area contributed by atoms with Gasteiger partial charge in [0.1, 0.15) is 17.5 Å². The highest BCUT2D eigenvalue weighted by Crippen LogP contribution is 2.17. The zero-order chi connectivity index (χ0) is 17.1. The molecule has 0 saturated carbocycles. The van der Waals surface area contributed by atoms with Crippen LogP contribution >= 0.6 is 0 Å². The minimum atomic E-state index is -0.0990. The van der Waals surface area contributed by atoms with Gasteiger partial charge >= 0.3 is 0 Å². The molecule has 2 aromatic heterocycles. The highest BCUT2D eigenvalue weighted by Gasteiger charge is 2.19. The average molecular weight is 328 g/mol. The minimum Gasteiger partial charge on any atom is -0.353 e. The Morgan fingerprint density at radius 1 is 1.12 bits per heavy atom. The van der Waals surface area contributed by atoms with Crippen LogP contribution in [-0.2, 0) is 6.54 Å². The second-order valence-electron chi connectivity index (χ2n) is 6.43. The molecular weight excluding hydrogens is 304 g/mol. The van der Waals surface area contributed by atoms with Crippen LogP contribution in [0, 0.1) is 6.92 Å². The Labute approximate surface area is 142 Å². The lowest BCUT2D eigenvalue weighted by Gasteiger charge is -2.36. The smallest absolute Gasteiger partial charge is 0.252 e. The van der Waals surface area contributed by atoms with Crippen LogP contribution in [0.15, 0.2) is 29.2 Å². The second-order valence-corrected chi connectivity index (χ2v) is 6.43. The van der Waals surface area contributed by atoms with Crippen molar-refractivity contribution < 1.29 is 0 Å². The quantitative estimate of drug-likeness (QED) is 0.898. The molecule has 0 aromatic carbocycles. The fourth-order valence-electron chi connectivity index (χ4n) is 2.95. The summed E-state index contributed by atoms with van der Waals surface area (Å²) in [6, 6.07) is 5.79. The molecule has 0 aliphatic carbocycles. The summed E-state index contributed by atoms with van der Waals surface area (Å²) in [5, 5.41) is 0. The third-order valence-corrected chi connectivity index (χ3v) is 4.08. The number of nitrogens with zero attached hydrogens (tertiary/aromatic N) is 5. The summed E-state index contributed by atoms with van der Waals surface area (Å²) in [5.74, 6) is 2.41. The van der Waals surface area contributed by atoms with E-state index in [-0.39, 0.29) is 5.56 Å². The molecule has 0 spiro atoms. The van der Waals surface area contributed by atoms with E-state index in [9.17, 15) is 4.79 Å². The molecule has 0 radical (unpaired) electrons. The van der Waals surface area contributed by atoms with Crippen molar-refractivity contribution in [2.45, 2.75) is 13.5 Å². The van der Waals surface area contributed by atoms with Crippen LogP contribution in [0.1, 0.15) is 11.4 Å². The topological polar surface area (TPSA) is 68.4 Å². The summed E-state index contributed by atoms with van der Waals surface area (Å²) in [6.45, 7) is 6.10. The molecule has 1 saturated heterocycles. The van der Waals surface area contributed by atoms with Crippen LogP contribution in [0.2, 0.25) is 0 Å². The van der Waals surface area contributed by atoms with E-state index < -0.39 is 0 Å². The highest BCUT2D eigenvalue weighted by atomic mass is 16.1. The Bertz CT molecular complexity index is 731. The van der Waals surface area contributed by atoms with Crippen LogP contribution < -0.4 is 15.4 Å². The molecule has 0 bridgehead atoms. The number of aromatic amines is 1. The molecule has 3 heterocycles. The summed E-state index contributed by atoms with van der Waals surface area (Å²) in [6.07, 6.45) is 1.95. The SMILES string of the molecule is Cc1nc(N2CCN(c3ccc(CN(C)C)cn3)CC2)cc(=O)[nH]1. The van der Waals surface area contributed by atoms with Crippen LogP contribution in [0.4, 0.5) is 11.6 Å². The number of rotatable bonds is 4. The third-order valence-electron chi connectivity index (χ3n) is 4.08. The van der Waals surface area contributed by atoms with Crippen LogP contribution in [-0.4, -0.2) is 60.1 Å². The molecule has 7 nitrogen and oxygen atoms in total. The second kappa shape index (κ2) is 7.00. The van der Waals surface area contributed by atoms with Gasteiger partial charge in [0.05, 0.1) is 0 Å². The number of anilines is 2. The molecule has 1 aliphatic rings. The van der Waals surface area contributed by atoms with Crippen molar-refractivity contribution in [1.29, 1.82) is 0 Å². The fraction of sp³-hybridized carbons (Fsp3) is 0.471. The molecule has 2 aromatic rings. The lowest BCUT2D eigenvalue weighted by molar-refractivity contribution is 0.402. The Morgan fingerprint density at radius 2 is 1.79 bits per heavy atom. The number of hydrogen-bond donors (Lipinski definition) is 1. The molecule has 7 heteroatoms. The van der Waals surface area contributed by atoms with Crippen molar-refractivity contribution in [3.8, 4) is 0 Å². The molecule has 24 heavy (non-hydrogen) atoms. The largest absolute Gasteiger partial charge is 0.353 e. The number of nitrogens with one attached hydrogen (secondary N) is 1. The van der Waals surface area contributed by atoms with E-state index in [4.69, 9.17) is 0 Å². The minimum absolute atomic E-state index is 0.0990. The molecule has 3 rings (SSSR count). The predicted molar refractivity (Wildman–Crippen MR) is 95.6 cm³/mol. The van der Waals surface area contributed by atoms with Gasteiger partial charge in [-0.25, -0.2) is 9.97 Å². The summed E-state index contributed by atoms with van der Waals surface area (Å²) in [5.41, 5.74) is 1.11. The lowest BCUT2D eigenvalue weighted by Crippen LogP contribution is -2.47. The average Bonchev–Trinajstić information content (AvgIpc) is 2.54. The molecule has 1 fully saturated rings. The number of hydrogen-bond acceptors (Lipinski definition) is 6. The normalized spacial score (nSPS) is 15.2. The fourth-order valence-corrected chi connectivity index (χ4v) is 2.95. The Morgan fingerprint density at radius 3 is 2.33 bits per heavy atom. The molecule has 0 unspecified atom stereocenters. The zero-order valence-electron chi connectivity index (χ0n) is 14.5. The molecule has 1 N–H and O–H groups in total. The summed E-state index contributed by atoms with van der Waals surface area (Å²) >= 11 is 0. The maximum Gasteiger partial charge on any atom is 0.252 e. The standard InChI is InChI=1S/C17H24N6O/c1-13-19-16(10-17(24)20-13)23-8-6-22(7-9-23)15-5-4-14(11-18-15)12-21(2)3/h4-5,10-11H,6-9,12H2,1-3H3,(H,19,20,24). The maximum atomic E-state index is 11.6. The molecule has 128 valence electrons. The first kappa shape index (κ1) is 16.4. The van der Waals surface area contributed by atoms with Gasteiger partial charge in [-0.05, 0) is 32.6 Å². The van der Waals surface area contributed by atoms with E-state index in [2.05, 4.69) is 55.9 Å². The van der Waals surface area contributed by atoms with Gasteiger partial charge in [0.15, 0.2) is 0 Å².